The minimum Gasteiger partial charge on any atom is -0.512 e. The molecule has 1 N–H and O–H groups in total. The van der Waals surface area contributed by atoms with E-state index in [1.807, 2.05) is 84.9 Å². The Morgan fingerprint density at radius 3 is 1.45 bits per heavy atom. The third-order valence-corrected chi connectivity index (χ3v) is 7.02. The molecule has 0 saturated carbocycles. The maximum atomic E-state index is 10.0. The second-order valence-corrected chi connectivity index (χ2v) is 9.98. The van der Waals surface area contributed by atoms with Gasteiger partial charge in [-0.1, -0.05) is 24.3 Å². The number of carbonyl (C=O) groups is 1. The number of hydrogen-bond acceptors (Lipinski definition) is 6. The first kappa shape index (κ1) is 29.1. The molecule has 4 nitrogen and oxygen atoms in total. The van der Waals surface area contributed by atoms with Crippen molar-refractivity contribution in [1.29, 1.82) is 0 Å². The van der Waals surface area contributed by atoms with Crippen molar-refractivity contribution in [3.8, 4) is 21.1 Å². The zero-order chi connectivity index (χ0) is 26.0. The Morgan fingerprint density at radius 1 is 0.711 bits per heavy atom. The van der Waals surface area contributed by atoms with E-state index in [1.54, 1.807) is 22.7 Å². The fourth-order valence-electron chi connectivity index (χ4n) is 3.32. The average molecular weight is 713 g/mol. The van der Waals surface area contributed by atoms with Gasteiger partial charge in [0.1, 0.15) is 0 Å². The van der Waals surface area contributed by atoms with E-state index in [0.717, 1.165) is 32.2 Å². The van der Waals surface area contributed by atoms with E-state index in [2.05, 4.69) is 34.2 Å². The number of para-hydroxylation sites is 2. The Morgan fingerprint density at radius 2 is 1.13 bits per heavy atom. The molecule has 0 saturated heterocycles. The predicted molar refractivity (Wildman–Crippen MR) is 155 cm³/mol. The molecule has 0 unspecified atom stereocenters. The molecule has 0 aliphatic carbocycles. The van der Waals surface area contributed by atoms with Crippen molar-refractivity contribution < 1.29 is 30.0 Å². The maximum absolute atomic E-state index is 10.0. The molecule has 6 aromatic rings. The minimum absolute atomic E-state index is 0. The summed E-state index contributed by atoms with van der Waals surface area (Å²) in [7, 11) is 0. The van der Waals surface area contributed by atoms with Crippen LogP contribution in [-0.4, -0.2) is 20.9 Å². The summed E-state index contributed by atoms with van der Waals surface area (Å²) >= 11 is 3.42. The van der Waals surface area contributed by atoms with E-state index < -0.39 is 0 Å². The van der Waals surface area contributed by atoms with Gasteiger partial charge in [0.25, 0.3) is 0 Å². The Balaban J connectivity index is 0.000000167. The minimum atomic E-state index is -0.125. The number of thiazole rings is 2. The van der Waals surface area contributed by atoms with E-state index in [1.165, 1.54) is 29.3 Å². The summed E-state index contributed by atoms with van der Waals surface area (Å²) in [5.74, 6) is -0.0625. The zero-order valence-corrected chi connectivity index (χ0v) is 24.7. The van der Waals surface area contributed by atoms with Gasteiger partial charge in [-0.25, -0.2) is 0 Å². The van der Waals surface area contributed by atoms with Crippen molar-refractivity contribution in [2.45, 2.75) is 13.8 Å². The summed E-state index contributed by atoms with van der Waals surface area (Å²) < 4.78 is 2.45. The van der Waals surface area contributed by atoms with E-state index in [9.17, 15) is 4.79 Å². The van der Waals surface area contributed by atoms with Crippen LogP contribution in [0.15, 0.2) is 109 Å². The number of benzene rings is 4. The zero-order valence-electron chi connectivity index (χ0n) is 20.7. The van der Waals surface area contributed by atoms with E-state index in [0.29, 0.717) is 0 Å². The number of aliphatic hydroxyl groups excluding tert-OH is 1. The molecule has 193 valence electrons. The number of aliphatic hydroxyl groups is 1. The number of hydrogen-bond donors (Lipinski definition) is 1. The van der Waals surface area contributed by atoms with Crippen molar-refractivity contribution in [3.05, 3.63) is 121 Å². The molecule has 4 aromatic carbocycles. The fourth-order valence-corrected chi connectivity index (χ4v) is 5.23. The third-order valence-electron chi connectivity index (χ3n) is 4.88. The topological polar surface area (TPSA) is 63.1 Å². The maximum Gasteiger partial charge on any atom is 0.155 e. The Kier molecular flexibility index (Phi) is 11.1. The largest absolute Gasteiger partial charge is 0.512 e. The monoisotopic (exact) mass is 713 g/mol. The molecular formula is C31H24IrN2O2S2-2. The van der Waals surface area contributed by atoms with Crippen molar-refractivity contribution >= 4 is 48.9 Å². The number of nitrogens with zero attached hydrogens (tertiary/aromatic N) is 2. The van der Waals surface area contributed by atoms with E-state index >= 15 is 0 Å². The Labute approximate surface area is 243 Å². The predicted octanol–water partition coefficient (Wildman–Crippen LogP) is 8.56. The van der Waals surface area contributed by atoms with E-state index in [4.69, 9.17) is 5.11 Å². The van der Waals surface area contributed by atoms with Crippen LogP contribution in [-0.2, 0) is 24.9 Å². The summed E-state index contributed by atoms with van der Waals surface area (Å²) in [5.41, 5.74) is 4.27. The smallest absolute Gasteiger partial charge is 0.155 e. The molecule has 0 spiro atoms. The van der Waals surface area contributed by atoms with Crippen molar-refractivity contribution in [2.75, 3.05) is 0 Å². The standard InChI is InChI=1S/2C13H8NS.C5H8O2.Ir/c2*1-2-6-10(7-3-1)13-14-11-8-4-5-9-12(11)15-13;1-4(6)3-5(2)7;/h2*1-6,8-9H;3,6H,1-2H3;/q2*-1;;/b;;4-3-;. The number of rotatable bonds is 3. The van der Waals surface area contributed by atoms with Crippen molar-refractivity contribution in [1.82, 2.24) is 9.97 Å². The van der Waals surface area contributed by atoms with Gasteiger partial charge in [-0.15, -0.1) is 71.8 Å². The van der Waals surface area contributed by atoms with Crippen LogP contribution in [0.4, 0.5) is 0 Å². The molecule has 0 amide bonds. The number of ketones is 1. The van der Waals surface area contributed by atoms with Crippen LogP contribution in [0.1, 0.15) is 13.8 Å². The van der Waals surface area contributed by atoms with E-state index in [-0.39, 0.29) is 31.6 Å². The number of aromatic nitrogens is 2. The summed E-state index contributed by atoms with van der Waals surface area (Å²) in [4.78, 5) is 19.2. The molecule has 2 heterocycles. The van der Waals surface area contributed by atoms with Gasteiger partial charge in [-0.3, -0.25) is 14.8 Å². The summed E-state index contributed by atoms with van der Waals surface area (Å²) in [6.45, 7) is 2.85. The second-order valence-electron chi connectivity index (χ2n) is 7.92. The molecule has 0 atom stereocenters. The van der Waals surface area contributed by atoms with Gasteiger partial charge < -0.3 is 5.11 Å². The Hall–Kier alpha value is -3.48. The van der Waals surface area contributed by atoms with Crippen LogP contribution >= 0.6 is 22.7 Å². The van der Waals surface area contributed by atoms with Gasteiger partial charge in [-0.2, -0.15) is 22.7 Å². The number of carbonyl (C=O) groups excluding carboxylic acids is 1. The third kappa shape index (κ3) is 8.27. The van der Waals surface area contributed by atoms with Crippen LogP contribution in [0.25, 0.3) is 41.6 Å². The summed E-state index contributed by atoms with van der Waals surface area (Å²) in [6.07, 6.45) is 1.17. The molecule has 1 radical (unpaired) electrons. The second kappa shape index (κ2) is 14.5. The Bertz CT molecular complexity index is 1450. The molecule has 0 fully saturated rings. The van der Waals surface area contributed by atoms with Gasteiger partial charge in [0.05, 0.1) is 16.8 Å². The summed E-state index contributed by atoms with van der Waals surface area (Å²) in [6, 6.07) is 38.6. The van der Waals surface area contributed by atoms with Crippen molar-refractivity contribution in [3.63, 3.8) is 0 Å². The van der Waals surface area contributed by atoms with Gasteiger partial charge >= 0.3 is 0 Å². The normalized spacial score (nSPS) is 10.5. The van der Waals surface area contributed by atoms with Crippen molar-refractivity contribution in [2.24, 2.45) is 0 Å². The first-order chi connectivity index (χ1) is 18.0. The molecule has 0 aliphatic rings. The number of fused-ring (bicyclic) bond motifs is 2. The van der Waals surface area contributed by atoms with Gasteiger partial charge in [0, 0.05) is 45.6 Å². The first-order valence-electron chi connectivity index (χ1n) is 11.5. The van der Waals surface area contributed by atoms with Gasteiger partial charge in [0.15, 0.2) is 5.78 Å². The van der Waals surface area contributed by atoms with Crippen LogP contribution in [0, 0.1) is 12.1 Å². The van der Waals surface area contributed by atoms with Crippen LogP contribution < -0.4 is 0 Å². The average Bonchev–Trinajstić information content (AvgIpc) is 3.54. The molecule has 7 heteroatoms. The number of allylic oxidation sites excluding steroid dienone is 2. The van der Waals surface area contributed by atoms with Gasteiger partial charge in [0.2, 0.25) is 0 Å². The SMILES string of the molecule is CC(=O)/C=C(/C)O.[Ir].[c-]1ccccc1-c1nc2ccccc2s1.[c-]1ccccc1-c1nc2ccccc2s1. The molecular weight excluding hydrogens is 689 g/mol. The fraction of sp³-hybridized carbons (Fsp3) is 0.0645. The van der Waals surface area contributed by atoms with Gasteiger partial charge in [-0.05, 0) is 38.1 Å². The first-order valence-corrected chi connectivity index (χ1v) is 13.2. The van der Waals surface area contributed by atoms with Crippen LogP contribution in [0.5, 0.6) is 0 Å². The molecule has 2 aromatic heterocycles. The van der Waals surface area contributed by atoms with Crippen LogP contribution in [0.2, 0.25) is 0 Å². The van der Waals surface area contributed by atoms with Crippen LogP contribution in [0.3, 0.4) is 0 Å². The quantitative estimate of drug-likeness (QED) is 0.114. The summed E-state index contributed by atoms with van der Waals surface area (Å²) in [5, 5.41) is 10.4. The molecule has 6 rings (SSSR count). The molecule has 0 bridgehead atoms. The molecule has 0 aliphatic heterocycles. The molecule has 38 heavy (non-hydrogen) atoms.